The zero-order chi connectivity index (χ0) is 21.4. The number of para-hydroxylation sites is 2. The van der Waals surface area contributed by atoms with Gasteiger partial charge in [0, 0.05) is 23.9 Å². The van der Waals surface area contributed by atoms with Crippen LogP contribution in [0.25, 0.3) is 5.69 Å². The fourth-order valence-electron chi connectivity index (χ4n) is 4.20. The van der Waals surface area contributed by atoms with Gasteiger partial charge in [-0.05, 0) is 36.6 Å². The van der Waals surface area contributed by atoms with Gasteiger partial charge in [-0.25, -0.2) is 4.98 Å². The summed E-state index contributed by atoms with van der Waals surface area (Å²) in [5, 5.41) is 0.925. The van der Waals surface area contributed by atoms with Crippen LogP contribution in [0.2, 0.25) is 0 Å². The molecule has 5 rings (SSSR count). The van der Waals surface area contributed by atoms with E-state index in [1.165, 1.54) is 17.3 Å². The molecule has 158 valence electrons. The van der Waals surface area contributed by atoms with Gasteiger partial charge in [0.15, 0.2) is 5.16 Å². The van der Waals surface area contributed by atoms with Crippen LogP contribution in [0.4, 0.5) is 5.69 Å². The van der Waals surface area contributed by atoms with Gasteiger partial charge in [-0.3, -0.25) is 14.2 Å². The zero-order valence-electron chi connectivity index (χ0n) is 17.3. The summed E-state index contributed by atoms with van der Waals surface area (Å²) in [7, 11) is 0. The minimum Gasteiger partial charge on any atom is -0.311 e. The predicted octanol–water partition coefficient (Wildman–Crippen LogP) is 4.34. The van der Waals surface area contributed by atoms with Crippen LogP contribution in [0.5, 0.6) is 0 Å². The van der Waals surface area contributed by atoms with Crippen molar-refractivity contribution in [2.45, 2.75) is 41.5 Å². The van der Waals surface area contributed by atoms with Crippen molar-refractivity contribution in [1.29, 1.82) is 0 Å². The summed E-state index contributed by atoms with van der Waals surface area (Å²) in [4.78, 5) is 33.9. The molecule has 0 saturated heterocycles. The van der Waals surface area contributed by atoms with E-state index >= 15 is 0 Å². The second-order valence-corrected chi connectivity index (χ2v) is 10.2. The Morgan fingerprint density at radius 3 is 2.77 bits per heavy atom. The van der Waals surface area contributed by atoms with Crippen molar-refractivity contribution in [3.8, 4) is 5.69 Å². The minimum atomic E-state index is -0.0381. The van der Waals surface area contributed by atoms with Crippen molar-refractivity contribution in [2.24, 2.45) is 0 Å². The van der Waals surface area contributed by atoms with Gasteiger partial charge in [0.2, 0.25) is 5.91 Å². The van der Waals surface area contributed by atoms with Crippen LogP contribution in [-0.4, -0.2) is 33.0 Å². The monoisotopic (exact) mass is 449 g/mol. The van der Waals surface area contributed by atoms with Gasteiger partial charge < -0.3 is 4.90 Å². The number of anilines is 1. The molecule has 1 amide bonds. The third-order valence-corrected chi connectivity index (χ3v) is 7.77. The number of benzene rings is 2. The minimum absolute atomic E-state index is 0.0381. The summed E-state index contributed by atoms with van der Waals surface area (Å²) < 4.78 is 1.66. The van der Waals surface area contributed by atoms with E-state index in [0.29, 0.717) is 10.4 Å². The lowest BCUT2D eigenvalue weighted by Gasteiger charge is -2.29. The molecule has 0 radical (unpaired) electrons. The Balaban J connectivity index is 1.46. The van der Waals surface area contributed by atoms with Gasteiger partial charge in [0.25, 0.3) is 5.56 Å². The first-order valence-corrected chi connectivity index (χ1v) is 12.4. The number of fused-ring (bicyclic) bond motifs is 2. The number of carbonyl (C=O) groups excluding carboxylic acids is 1. The van der Waals surface area contributed by atoms with E-state index in [-0.39, 0.29) is 17.2 Å². The third-order valence-electron chi connectivity index (χ3n) is 5.63. The van der Waals surface area contributed by atoms with E-state index in [0.717, 1.165) is 47.8 Å². The van der Waals surface area contributed by atoms with Gasteiger partial charge in [0.1, 0.15) is 0 Å². The van der Waals surface area contributed by atoms with E-state index in [1.807, 2.05) is 53.4 Å². The number of rotatable bonds is 4. The highest BCUT2D eigenvalue weighted by Crippen LogP contribution is 2.35. The summed E-state index contributed by atoms with van der Waals surface area (Å²) >= 11 is 2.95. The number of amides is 1. The molecule has 31 heavy (non-hydrogen) atoms. The Kier molecular flexibility index (Phi) is 5.63. The van der Waals surface area contributed by atoms with Gasteiger partial charge in [-0.15, -0.1) is 11.8 Å². The van der Waals surface area contributed by atoms with E-state index in [9.17, 15) is 9.59 Å². The highest BCUT2D eigenvalue weighted by molar-refractivity contribution is 8.00. The number of carbonyl (C=O) groups is 1. The van der Waals surface area contributed by atoms with Gasteiger partial charge in [-0.1, -0.05) is 55.1 Å². The Hall–Kier alpha value is -2.51. The molecule has 0 spiro atoms. The largest absolute Gasteiger partial charge is 0.311 e. The Morgan fingerprint density at radius 2 is 1.94 bits per heavy atom. The molecular weight excluding hydrogens is 426 g/mol. The lowest BCUT2D eigenvalue weighted by molar-refractivity contribution is -0.116. The van der Waals surface area contributed by atoms with Gasteiger partial charge in [-0.2, -0.15) is 0 Å². The fourth-order valence-corrected chi connectivity index (χ4v) is 6.20. The van der Waals surface area contributed by atoms with E-state index in [4.69, 9.17) is 4.98 Å². The molecule has 3 heterocycles. The van der Waals surface area contributed by atoms with Crippen molar-refractivity contribution < 1.29 is 4.79 Å². The molecule has 0 N–H and O–H groups in total. The zero-order valence-corrected chi connectivity index (χ0v) is 18.9. The second-order valence-electron chi connectivity index (χ2n) is 7.85. The number of aromatic nitrogens is 2. The Labute approximate surface area is 189 Å². The topological polar surface area (TPSA) is 55.2 Å². The molecule has 2 aromatic carbocycles. The van der Waals surface area contributed by atoms with Crippen LogP contribution >= 0.6 is 23.5 Å². The van der Waals surface area contributed by atoms with Crippen molar-refractivity contribution in [1.82, 2.24) is 9.55 Å². The Morgan fingerprint density at radius 1 is 1.16 bits per heavy atom. The van der Waals surface area contributed by atoms with Crippen LogP contribution < -0.4 is 10.5 Å². The predicted molar refractivity (Wildman–Crippen MR) is 127 cm³/mol. The molecule has 1 atom stereocenters. The first kappa shape index (κ1) is 20.4. The maximum Gasteiger partial charge on any atom is 0.272 e. The lowest BCUT2D eigenvalue weighted by Crippen LogP contribution is -2.36. The second kappa shape index (κ2) is 8.55. The van der Waals surface area contributed by atoms with Crippen molar-refractivity contribution >= 4 is 35.1 Å². The quantitative estimate of drug-likeness (QED) is 0.438. The van der Waals surface area contributed by atoms with Crippen molar-refractivity contribution in [3.05, 3.63) is 76.2 Å². The first-order valence-electron chi connectivity index (χ1n) is 10.5. The van der Waals surface area contributed by atoms with E-state index < -0.39 is 0 Å². The molecular formula is C24H23N3O2S2. The average Bonchev–Trinajstić information content (AvgIpc) is 3.18. The SMILES string of the molecule is C[C@H]1Cc2nc(SCC(=O)N3CCCc4ccccc43)n(-c3ccccc3)c(=O)c2S1. The molecule has 2 aliphatic heterocycles. The fraction of sp³-hybridized carbons (Fsp3) is 0.292. The molecule has 1 aromatic heterocycles. The number of hydrogen-bond acceptors (Lipinski definition) is 5. The third kappa shape index (κ3) is 3.92. The highest BCUT2D eigenvalue weighted by Gasteiger charge is 2.28. The van der Waals surface area contributed by atoms with Gasteiger partial charge in [0.05, 0.1) is 22.0 Å². The maximum absolute atomic E-state index is 13.3. The molecule has 7 heteroatoms. The first-order chi connectivity index (χ1) is 15.1. The highest BCUT2D eigenvalue weighted by atomic mass is 32.2. The molecule has 0 aliphatic carbocycles. The summed E-state index contributed by atoms with van der Waals surface area (Å²) in [5.41, 5.74) is 3.82. The van der Waals surface area contributed by atoms with Crippen molar-refractivity contribution in [2.75, 3.05) is 17.2 Å². The maximum atomic E-state index is 13.3. The number of thioether (sulfide) groups is 2. The summed E-state index contributed by atoms with van der Waals surface area (Å²) in [6.45, 7) is 2.84. The number of hydrogen-bond donors (Lipinski definition) is 0. The van der Waals surface area contributed by atoms with Crippen LogP contribution in [0.15, 0.2) is 69.4 Å². The van der Waals surface area contributed by atoms with Crippen LogP contribution in [0, 0.1) is 0 Å². The molecule has 0 bridgehead atoms. The molecule has 2 aliphatic rings. The number of aryl methyl sites for hydroxylation is 1. The van der Waals surface area contributed by atoms with E-state index in [2.05, 4.69) is 13.0 Å². The van der Waals surface area contributed by atoms with Crippen LogP contribution in [0.1, 0.15) is 24.6 Å². The molecule has 0 unspecified atom stereocenters. The standard InChI is InChI=1S/C24H23N3O2S2/c1-16-14-19-22(31-16)23(29)27(18-10-3-2-4-11-18)24(25-19)30-15-21(28)26-13-7-9-17-8-5-6-12-20(17)26/h2-6,8,10-12,16H,7,9,13-15H2,1H3/t16-/m0/s1. The van der Waals surface area contributed by atoms with Crippen LogP contribution in [0.3, 0.4) is 0 Å². The molecule has 0 fully saturated rings. The summed E-state index contributed by atoms with van der Waals surface area (Å²) in [6, 6.07) is 17.7. The van der Waals surface area contributed by atoms with Gasteiger partial charge >= 0.3 is 0 Å². The molecule has 0 saturated carbocycles. The Bertz CT molecular complexity index is 1190. The molecule has 5 nitrogen and oxygen atoms in total. The smallest absolute Gasteiger partial charge is 0.272 e. The van der Waals surface area contributed by atoms with Crippen LogP contribution in [-0.2, 0) is 17.6 Å². The van der Waals surface area contributed by atoms with Crippen molar-refractivity contribution in [3.63, 3.8) is 0 Å². The number of nitrogens with zero attached hydrogens (tertiary/aromatic N) is 3. The van der Waals surface area contributed by atoms with E-state index in [1.54, 1.807) is 16.3 Å². The summed E-state index contributed by atoms with van der Waals surface area (Å²) in [5.74, 6) is 0.295. The molecule has 3 aromatic rings. The lowest BCUT2D eigenvalue weighted by atomic mass is 10.0. The average molecular weight is 450 g/mol. The summed E-state index contributed by atoms with van der Waals surface area (Å²) in [6.07, 6.45) is 2.75. The normalized spacial score (nSPS) is 17.3.